The van der Waals surface area contributed by atoms with E-state index in [1.807, 2.05) is 0 Å². The van der Waals surface area contributed by atoms with Gasteiger partial charge in [0, 0.05) is 7.05 Å². The number of imidazole rings is 1. The van der Waals surface area contributed by atoms with Crippen molar-refractivity contribution in [2.24, 2.45) is 13.0 Å². The number of fused-ring (bicyclic) bond motifs is 1. The van der Waals surface area contributed by atoms with Gasteiger partial charge in [0.05, 0.1) is 17.1 Å². The second-order valence-electron chi connectivity index (χ2n) is 6.39. The Balaban J connectivity index is 1.64. The Morgan fingerprint density at radius 2 is 1.95 bits per heavy atom. The first kappa shape index (κ1) is 14.5. The summed E-state index contributed by atoms with van der Waals surface area (Å²) < 4.78 is 2.21. The minimum absolute atomic E-state index is 0.294. The van der Waals surface area contributed by atoms with Gasteiger partial charge in [0.25, 0.3) is 0 Å². The van der Waals surface area contributed by atoms with Crippen molar-refractivity contribution in [1.82, 2.24) is 19.8 Å². The number of aromatic nitrogens is 2. The average Bonchev–Trinajstić information content (AvgIpc) is 2.84. The van der Waals surface area contributed by atoms with E-state index in [2.05, 4.69) is 60.1 Å². The maximum Gasteiger partial charge on any atom is 0.126 e. The number of para-hydroxylation sites is 2. The average molecular weight is 286 g/mol. The number of piperidine rings is 1. The normalized spacial score (nSPS) is 19.2. The fourth-order valence-electron chi connectivity index (χ4n) is 3.25. The van der Waals surface area contributed by atoms with Gasteiger partial charge < -0.3 is 14.8 Å². The molecule has 1 aromatic carbocycles. The van der Waals surface area contributed by atoms with Crippen LogP contribution in [0.1, 0.15) is 31.6 Å². The predicted octanol–water partition coefficient (Wildman–Crippen LogP) is 2.57. The molecule has 1 fully saturated rings. The van der Waals surface area contributed by atoms with Gasteiger partial charge in [0.15, 0.2) is 0 Å². The van der Waals surface area contributed by atoms with Gasteiger partial charge in [-0.2, -0.15) is 0 Å². The van der Waals surface area contributed by atoms with E-state index in [0.717, 1.165) is 23.8 Å². The van der Waals surface area contributed by atoms with Crippen molar-refractivity contribution in [3.05, 3.63) is 30.1 Å². The Bertz CT molecular complexity index is 596. The van der Waals surface area contributed by atoms with Gasteiger partial charge in [-0.1, -0.05) is 12.1 Å². The molecule has 0 saturated carbocycles. The minimum atomic E-state index is 0.294. The molecule has 3 rings (SSSR count). The van der Waals surface area contributed by atoms with Crippen LogP contribution in [0.25, 0.3) is 11.0 Å². The fraction of sp³-hybridized carbons (Fsp3) is 0.588. The molecule has 2 aromatic rings. The molecule has 1 unspecified atom stereocenters. The number of benzene rings is 1. The Morgan fingerprint density at radius 1 is 1.24 bits per heavy atom. The van der Waals surface area contributed by atoms with E-state index in [0.29, 0.717) is 6.04 Å². The van der Waals surface area contributed by atoms with Gasteiger partial charge in [0.2, 0.25) is 0 Å². The maximum absolute atomic E-state index is 4.78. The predicted molar refractivity (Wildman–Crippen MR) is 87.4 cm³/mol. The second-order valence-corrected chi connectivity index (χ2v) is 6.39. The van der Waals surface area contributed by atoms with Crippen molar-refractivity contribution in [1.29, 1.82) is 0 Å². The molecule has 21 heavy (non-hydrogen) atoms. The molecular weight excluding hydrogens is 260 g/mol. The monoisotopic (exact) mass is 286 g/mol. The molecule has 114 valence electrons. The number of likely N-dealkylation sites (tertiary alicyclic amines) is 1. The van der Waals surface area contributed by atoms with E-state index >= 15 is 0 Å². The van der Waals surface area contributed by atoms with Crippen molar-refractivity contribution >= 4 is 11.0 Å². The van der Waals surface area contributed by atoms with Gasteiger partial charge >= 0.3 is 0 Å². The lowest BCUT2D eigenvalue weighted by molar-refractivity contribution is 0.213. The van der Waals surface area contributed by atoms with Crippen LogP contribution < -0.4 is 5.32 Å². The van der Waals surface area contributed by atoms with Crippen LogP contribution in [-0.4, -0.2) is 41.1 Å². The third-order valence-electron chi connectivity index (χ3n) is 4.76. The standard InChI is InChI=1S/C17H26N4/c1-13(18-12-14-8-10-20(2)11-9-14)17-19-15-6-4-5-7-16(15)21(17)3/h4-7,13-14,18H,8-12H2,1-3H3. The summed E-state index contributed by atoms with van der Waals surface area (Å²) in [6, 6.07) is 8.64. The van der Waals surface area contributed by atoms with Crippen molar-refractivity contribution in [3.63, 3.8) is 0 Å². The number of hydrogen-bond acceptors (Lipinski definition) is 3. The van der Waals surface area contributed by atoms with Crippen LogP contribution in [0.15, 0.2) is 24.3 Å². The molecule has 0 spiro atoms. The van der Waals surface area contributed by atoms with E-state index in [1.165, 1.54) is 31.4 Å². The first-order valence-corrected chi connectivity index (χ1v) is 7.98. The van der Waals surface area contributed by atoms with Crippen LogP contribution >= 0.6 is 0 Å². The lowest BCUT2D eigenvalue weighted by Gasteiger charge is -2.29. The molecular formula is C17H26N4. The first-order chi connectivity index (χ1) is 10.1. The highest BCUT2D eigenvalue weighted by Crippen LogP contribution is 2.20. The van der Waals surface area contributed by atoms with Crippen LogP contribution in [-0.2, 0) is 7.05 Å². The van der Waals surface area contributed by atoms with Gasteiger partial charge in [0.1, 0.15) is 5.82 Å². The van der Waals surface area contributed by atoms with E-state index < -0.39 is 0 Å². The van der Waals surface area contributed by atoms with Crippen LogP contribution in [0.4, 0.5) is 0 Å². The van der Waals surface area contributed by atoms with Gasteiger partial charge in [-0.25, -0.2) is 4.98 Å². The van der Waals surface area contributed by atoms with Crippen LogP contribution in [0.2, 0.25) is 0 Å². The first-order valence-electron chi connectivity index (χ1n) is 7.98. The van der Waals surface area contributed by atoms with Crippen LogP contribution in [0.5, 0.6) is 0 Å². The Hall–Kier alpha value is -1.39. The van der Waals surface area contributed by atoms with Crippen molar-refractivity contribution < 1.29 is 0 Å². The second kappa shape index (κ2) is 6.16. The third kappa shape index (κ3) is 3.11. The van der Waals surface area contributed by atoms with Gasteiger partial charge in [-0.3, -0.25) is 0 Å². The SMILES string of the molecule is CC(NCC1CCN(C)CC1)c1nc2ccccc2n1C. The number of nitrogens with zero attached hydrogens (tertiary/aromatic N) is 3. The fourth-order valence-corrected chi connectivity index (χ4v) is 3.25. The quantitative estimate of drug-likeness (QED) is 0.938. The van der Waals surface area contributed by atoms with E-state index in [1.54, 1.807) is 0 Å². The highest BCUT2D eigenvalue weighted by atomic mass is 15.1. The summed E-state index contributed by atoms with van der Waals surface area (Å²) in [6.07, 6.45) is 2.61. The summed E-state index contributed by atoms with van der Waals surface area (Å²) in [5.74, 6) is 1.93. The molecule has 1 aromatic heterocycles. The molecule has 0 aliphatic carbocycles. The minimum Gasteiger partial charge on any atom is -0.330 e. The Labute approximate surface area is 127 Å². The molecule has 4 nitrogen and oxygen atoms in total. The van der Waals surface area contributed by atoms with E-state index in [-0.39, 0.29) is 0 Å². The molecule has 0 radical (unpaired) electrons. The molecule has 2 heterocycles. The zero-order valence-corrected chi connectivity index (χ0v) is 13.3. The summed E-state index contributed by atoms with van der Waals surface area (Å²) in [5.41, 5.74) is 2.29. The summed E-state index contributed by atoms with van der Waals surface area (Å²) in [4.78, 5) is 7.20. The summed E-state index contributed by atoms with van der Waals surface area (Å²) >= 11 is 0. The molecule has 1 atom stereocenters. The zero-order valence-electron chi connectivity index (χ0n) is 13.3. The Kier molecular flexibility index (Phi) is 4.27. The van der Waals surface area contributed by atoms with E-state index in [9.17, 15) is 0 Å². The van der Waals surface area contributed by atoms with Crippen LogP contribution in [0, 0.1) is 5.92 Å². The lowest BCUT2D eigenvalue weighted by Crippen LogP contribution is -2.36. The zero-order chi connectivity index (χ0) is 14.8. The molecule has 1 aliphatic heterocycles. The summed E-state index contributed by atoms with van der Waals surface area (Å²) in [5, 5.41) is 3.68. The Morgan fingerprint density at radius 3 is 2.67 bits per heavy atom. The van der Waals surface area contributed by atoms with Crippen molar-refractivity contribution in [3.8, 4) is 0 Å². The van der Waals surface area contributed by atoms with Crippen LogP contribution in [0.3, 0.4) is 0 Å². The molecule has 1 saturated heterocycles. The molecule has 0 bridgehead atoms. The molecule has 4 heteroatoms. The van der Waals surface area contributed by atoms with E-state index in [4.69, 9.17) is 4.98 Å². The molecule has 0 amide bonds. The number of aryl methyl sites for hydroxylation is 1. The smallest absolute Gasteiger partial charge is 0.126 e. The topological polar surface area (TPSA) is 33.1 Å². The van der Waals surface area contributed by atoms with Gasteiger partial charge in [-0.15, -0.1) is 0 Å². The number of hydrogen-bond donors (Lipinski definition) is 1. The molecule has 1 N–H and O–H groups in total. The molecule has 1 aliphatic rings. The highest BCUT2D eigenvalue weighted by molar-refractivity contribution is 5.75. The third-order valence-corrected chi connectivity index (χ3v) is 4.76. The number of nitrogens with one attached hydrogen (secondary N) is 1. The number of rotatable bonds is 4. The highest BCUT2D eigenvalue weighted by Gasteiger charge is 2.19. The lowest BCUT2D eigenvalue weighted by atomic mass is 9.97. The van der Waals surface area contributed by atoms with Gasteiger partial charge in [-0.05, 0) is 64.5 Å². The summed E-state index contributed by atoms with van der Waals surface area (Å²) in [7, 11) is 4.32. The largest absolute Gasteiger partial charge is 0.330 e. The van der Waals surface area contributed by atoms with Crippen molar-refractivity contribution in [2.45, 2.75) is 25.8 Å². The van der Waals surface area contributed by atoms with Crippen molar-refractivity contribution in [2.75, 3.05) is 26.7 Å². The maximum atomic E-state index is 4.78. The summed E-state index contributed by atoms with van der Waals surface area (Å²) in [6.45, 7) is 5.77.